The third-order valence-electron chi connectivity index (χ3n) is 2.54. The molecule has 1 aromatic rings. The van der Waals surface area contributed by atoms with Crippen LogP contribution in [0.2, 0.25) is 0 Å². The van der Waals surface area contributed by atoms with Crippen molar-refractivity contribution < 1.29 is 9.53 Å². The van der Waals surface area contributed by atoms with Crippen molar-refractivity contribution in [3.8, 4) is 0 Å². The van der Waals surface area contributed by atoms with Crippen LogP contribution in [0.25, 0.3) is 0 Å². The number of methoxy groups -OCH3 is 1. The Balaban J connectivity index is 2.66. The first kappa shape index (κ1) is 12.6. The molecule has 0 aliphatic rings. The Hall–Kier alpha value is -1.42. The Morgan fingerprint density at radius 3 is 2.81 bits per heavy atom. The van der Waals surface area contributed by atoms with Gasteiger partial charge in [-0.25, -0.2) is 0 Å². The van der Waals surface area contributed by atoms with Gasteiger partial charge in [0, 0.05) is 24.9 Å². The van der Waals surface area contributed by atoms with E-state index in [1.165, 1.54) is 7.11 Å². The van der Waals surface area contributed by atoms with Crippen LogP contribution in [-0.2, 0) is 9.53 Å². The summed E-state index contributed by atoms with van der Waals surface area (Å²) in [4.78, 5) is 17.3. The molecule has 0 bridgehead atoms. The highest BCUT2D eigenvalue weighted by Gasteiger charge is 2.15. The van der Waals surface area contributed by atoms with Crippen molar-refractivity contribution in [2.75, 3.05) is 21.2 Å². The Morgan fingerprint density at radius 1 is 1.56 bits per heavy atom. The zero-order valence-corrected chi connectivity index (χ0v) is 10.0. The number of aromatic nitrogens is 1. The predicted octanol–water partition coefficient (Wildman–Crippen LogP) is 1.64. The molecule has 0 aliphatic carbocycles. The molecule has 0 N–H and O–H groups in total. The van der Waals surface area contributed by atoms with Crippen LogP contribution in [0.5, 0.6) is 0 Å². The summed E-state index contributed by atoms with van der Waals surface area (Å²) < 4.78 is 4.64. The molecule has 0 fully saturated rings. The van der Waals surface area contributed by atoms with Crippen molar-refractivity contribution in [2.45, 2.75) is 18.9 Å². The zero-order chi connectivity index (χ0) is 12.0. The van der Waals surface area contributed by atoms with Gasteiger partial charge in [-0.3, -0.25) is 9.78 Å². The summed E-state index contributed by atoms with van der Waals surface area (Å²) in [5, 5.41) is 0. The summed E-state index contributed by atoms with van der Waals surface area (Å²) in [6.45, 7) is 0. The summed E-state index contributed by atoms with van der Waals surface area (Å²) in [5.74, 6) is -0.171. The van der Waals surface area contributed by atoms with Gasteiger partial charge in [0.15, 0.2) is 0 Å². The van der Waals surface area contributed by atoms with E-state index in [4.69, 9.17) is 0 Å². The lowest BCUT2D eigenvalue weighted by Crippen LogP contribution is -2.21. The summed E-state index contributed by atoms with van der Waals surface area (Å²) in [5.41, 5.74) is 1.12. The molecule has 1 atom stereocenters. The largest absolute Gasteiger partial charge is 0.469 e. The molecule has 0 saturated heterocycles. The highest BCUT2D eigenvalue weighted by molar-refractivity contribution is 5.69. The minimum atomic E-state index is -0.171. The number of nitrogens with zero attached hydrogens (tertiary/aromatic N) is 2. The van der Waals surface area contributed by atoms with Gasteiger partial charge in [0.05, 0.1) is 7.11 Å². The van der Waals surface area contributed by atoms with Crippen molar-refractivity contribution in [2.24, 2.45) is 0 Å². The molecule has 1 rings (SSSR count). The molecule has 1 aromatic heterocycles. The standard InChI is InChI=1S/C12H18N2O2/c1-14(2)11(6-7-12(15)16-3)10-5-4-8-13-9-10/h4-5,8-9,11H,6-7H2,1-3H3. The molecule has 0 aromatic carbocycles. The number of esters is 1. The fourth-order valence-corrected chi connectivity index (χ4v) is 1.65. The topological polar surface area (TPSA) is 42.4 Å². The van der Waals surface area contributed by atoms with Gasteiger partial charge in [-0.2, -0.15) is 0 Å². The second-order valence-electron chi connectivity index (χ2n) is 3.88. The third-order valence-corrected chi connectivity index (χ3v) is 2.54. The minimum Gasteiger partial charge on any atom is -0.469 e. The summed E-state index contributed by atoms with van der Waals surface area (Å²) in [7, 11) is 5.40. The van der Waals surface area contributed by atoms with Crippen LogP contribution in [0.1, 0.15) is 24.4 Å². The van der Waals surface area contributed by atoms with Crippen LogP contribution in [0, 0.1) is 0 Å². The second kappa shape index (κ2) is 6.23. The average molecular weight is 222 g/mol. The van der Waals surface area contributed by atoms with Crippen LogP contribution in [0.3, 0.4) is 0 Å². The van der Waals surface area contributed by atoms with E-state index >= 15 is 0 Å². The van der Waals surface area contributed by atoms with Crippen molar-refractivity contribution in [1.29, 1.82) is 0 Å². The molecular formula is C12H18N2O2. The third kappa shape index (κ3) is 3.62. The molecule has 16 heavy (non-hydrogen) atoms. The lowest BCUT2D eigenvalue weighted by molar-refractivity contribution is -0.141. The average Bonchev–Trinajstić information content (AvgIpc) is 2.30. The maximum absolute atomic E-state index is 11.1. The van der Waals surface area contributed by atoms with Crippen molar-refractivity contribution in [3.05, 3.63) is 30.1 Å². The first-order chi connectivity index (χ1) is 7.65. The van der Waals surface area contributed by atoms with E-state index in [1.807, 2.05) is 32.4 Å². The summed E-state index contributed by atoms with van der Waals surface area (Å²) >= 11 is 0. The summed E-state index contributed by atoms with van der Waals surface area (Å²) in [6.07, 6.45) is 4.75. The van der Waals surface area contributed by atoms with Gasteiger partial charge >= 0.3 is 5.97 Å². The monoisotopic (exact) mass is 222 g/mol. The molecule has 0 spiro atoms. The van der Waals surface area contributed by atoms with Gasteiger partial charge < -0.3 is 9.64 Å². The van der Waals surface area contributed by atoms with Gasteiger partial charge in [0.1, 0.15) is 0 Å². The first-order valence-electron chi connectivity index (χ1n) is 5.28. The molecule has 4 heteroatoms. The SMILES string of the molecule is COC(=O)CCC(c1cccnc1)N(C)C. The molecule has 0 aliphatic heterocycles. The number of pyridine rings is 1. The van der Waals surface area contributed by atoms with E-state index in [2.05, 4.69) is 14.6 Å². The van der Waals surface area contributed by atoms with Gasteiger partial charge in [-0.1, -0.05) is 6.07 Å². The van der Waals surface area contributed by atoms with Crippen LogP contribution in [0.4, 0.5) is 0 Å². The smallest absolute Gasteiger partial charge is 0.305 e. The Kier molecular flexibility index (Phi) is 4.92. The molecule has 0 radical (unpaired) electrons. The number of ether oxygens (including phenoxy) is 1. The Labute approximate surface area is 96.2 Å². The molecule has 1 heterocycles. The fraction of sp³-hybridized carbons (Fsp3) is 0.500. The van der Waals surface area contributed by atoms with Crippen molar-refractivity contribution in [3.63, 3.8) is 0 Å². The summed E-state index contributed by atoms with van der Waals surface area (Å²) in [6, 6.07) is 4.13. The highest BCUT2D eigenvalue weighted by atomic mass is 16.5. The second-order valence-corrected chi connectivity index (χ2v) is 3.88. The number of carbonyl (C=O) groups is 1. The molecule has 1 unspecified atom stereocenters. The molecule has 0 saturated carbocycles. The number of hydrogen-bond donors (Lipinski definition) is 0. The quantitative estimate of drug-likeness (QED) is 0.710. The molecular weight excluding hydrogens is 204 g/mol. The van der Waals surface area contributed by atoms with Crippen LogP contribution in [-0.4, -0.2) is 37.1 Å². The van der Waals surface area contributed by atoms with Gasteiger partial charge in [0.2, 0.25) is 0 Å². The zero-order valence-electron chi connectivity index (χ0n) is 10.0. The normalized spacial score (nSPS) is 12.5. The van der Waals surface area contributed by atoms with Crippen molar-refractivity contribution >= 4 is 5.97 Å². The number of carbonyl (C=O) groups excluding carboxylic acids is 1. The van der Waals surface area contributed by atoms with E-state index in [0.29, 0.717) is 6.42 Å². The number of rotatable bonds is 5. The maximum atomic E-state index is 11.1. The van der Waals surface area contributed by atoms with Gasteiger partial charge in [-0.05, 0) is 32.1 Å². The van der Waals surface area contributed by atoms with E-state index in [9.17, 15) is 4.79 Å². The van der Waals surface area contributed by atoms with E-state index in [0.717, 1.165) is 12.0 Å². The highest BCUT2D eigenvalue weighted by Crippen LogP contribution is 2.22. The van der Waals surface area contributed by atoms with Crippen LogP contribution < -0.4 is 0 Å². The van der Waals surface area contributed by atoms with Gasteiger partial charge in [0.25, 0.3) is 0 Å². The molecule has 4 nitrogen and oxygen atoms in total. The molecule has 0 amide bonds. The predicted molar refractivity (Wildman–Crippen MR) is 61.9 cm³/mol. The van der Waals surface area contributed by atoms with Crippen molar-refractivity contribution in [1.82, 2.24) is 9.88 Å². The van der Waals surface area contributed by atoms with E-state index < -0.39 is 0 Å². The lowest BCUT2D eigenvalue weighted by atomic mass is 10.0. The van der Waals surface area contributed by atoms with Crippen LogP contribution in [0.15, 0.2) is 24.5 Å². The fourth-order valence-electron chi connectivity index (χ4n) is 1.65. The maximum Gasteiger partial charge on any atom is 0.305 e. The molecule has 88 valence electrons. The van der Waals surface area contributed by atoms with E-state index in [1.54, 1.807) is 6.20 Å². The van der Waals surface area contributed by atoms with E-state index in [-0.39, 0.29) is 12.0 Å². The van der Waals surface area contributed by atoms with Crippen LogP contribution >= 0.6 is 0 Å². The first-order valence-corrected chi connectivity index (χ1v) is 5.28. The van der Waals surface area contributed by atoms with Gasteiger partial charge in [-0.15, -0.1) is 0 Å². The lowest BCUT2D eigenvalue weighted by Gasteiger charge is -2.23. The Morgan fingerprint density at radius 2 is 2.31 bits per heavy atom. The minimum absolute atomic E-state index is 0.171. The number of hydrogen-bond acceptors (Lipinski definition) is 4. The Bertz CT molecular complexity index is 325.